The molecule has 0 radical (unpaired) electrons. The van der Waals surface area contributed by atoms with Crippen LogP contribution in [0.5, 0.6) is 5.88 Å². The Morgan fingerprint density at radius 1 is 1.44 bits per heavy atom. The standard InChI is InChI=1S/C8H6ClF3INO2/c9-2-4-1-5(3-15)7(14-6(4)13)16-8(10,11)12/h1,15H,2-3H2. The number of alkyl halides is 4. The molecule has 0 aromatic carbocycles. The Hall–Kier alpha value is -0.280. The maximum absolute atomic E-state index is 12.0. The molecule has 8 heteroatoms. The molecule has 16 heavy (non-hydrogen) atoms. The van der Waals surface area contributed by atoms with Crippen molar-refractivity contribution in [1.29, 1.82) is 0 Å². The maximum Gasteiger partial charge on any atom is 0.574 e. The van der Waals surface area contributed by atoms with Crippen LogP contribution in [0.15, 0.2) is 6.07 Å². The summed E-state index contributed by atoms with van der Waals surface area (Å²) in [5.74, 6) is -0.543. The van der Waals surface area contributed by atoms with Crippen molar-refractivity contribution in [2.45, 2.75) is 18.8 Å². The molecule has 0 saturated carbocycles. The summed E-state index contributed by atoms with van der Waals surface area (Å²) in [6.07, 6.45) is -4.83. The largest absolute Gasteiger partial charge is 0.574 e. The summed E-state index contributed by atoms with van der Waals surface area (Å²) in [4.78, 5) is 3.60. The smallest absolute Gasteiger partial charge is 0.391 e. The van der Waals surface area contributed by atoms with Gasteiger partial charge in [0.25, 0.3) is 0 Å². The average Bonchev–Trinajstić information content (AvgIpc) is 2.16. The minimum atomic E-state index is -4.83. The molecule has 0 bridgehead atoms. The Morgan fingerprint density at radius 3 is 2.50 bits per heavy atom. The predicted octanol–water partition coefficient (Wildman–Crippen LogP) is 2.82. The van der Waals surface area contributed by atoms with E-state index in [0.29, 0.717) is 9.26 Å². The zero-order valence-electron chi connectivity index (χ0n) is 7.68. The lowest BCUT2D eigenvalue weighted by atomic mass is 10.2. The van der Waals surface area contributed by atoms with Crippen LogP contribution in [-0.4, -0.2) is 16.5 Å². The highest BCUT2D eigenvalue weighted by atomic mass is 127. The van der Waals surface area contributed by atoms with Crippen molar-refractivity contribution in [2.75, 3.05) is 0 Å². The molecule has 1 rings (SSSR count). The fourth-order valence-electron chi connectivity index (χ4n) is 0.969. The first-order valence-corrected chi connectivity index (χ1v) is 5.59. The Labute approximate surface area is 108 Å². The Kier molecular flexibility index (Phi) is 4.62. The molecule has 3 nitrogen and oxygen atoms in total. The zero-order chi connectivity index (χ0) is 12.3. The molecule has 0 amide bonds. The van der Waals surface area contributed by atoms with Crippen LogP contribution < -0.4 is 4.74 Å². The number of aliphatic hydroxyl groups is 1. The number of halogens is 5. The summed E-state index contributed by atoms with van der Waals surface area (Å²) in [6.45, 7) is -0.598. The van der Waals surface area contributed by atoms with Crippen molar-refractivity contribution in [3.05, 3.63) is 20.9 Å². The Morgan fingerprint density at radius 2 is 2.06 bits per heavy atom. The van der Waals surface area contributed by atoms with Crippen LogP contribution >= 0.6 is 34.2 Å². The van der Waals surface area contributed by atoms with E-state index in [-0.39, 0.29) is 11.4 Å². The van der Waals surface area contributed by atoms with E-state index in [2.05, 4.69) is 9.72 Å². The molecule has 0 aliphatic carbocycles. The molecular weight excluding hydrogens is 361 g/mol. The van der Waals surface area contributed by atoms with Gasteiger partial charge in [-0.3, -0.25) is 0 Å². The summed E-state index contributed by atoms with van der Waals surface area (Å²) < 4.78 is 40.0. The van der Waals surface area contributed by atoms with Crippen molar-refractivity contribution >= 4 is 34.2 Å². The van der Waals surface area contributed by atoms with Gasteiger partial charge >= 0.3 is 6.36 Å². The molecule has 0 spiro atoms. The number of hydrogen-bond donors (Lipinski definition) is 1. The summed E-state index contributed by atoms with van der Waals surface area (Å²) in [6, 6.07) is 1.34. The van der Waals surface area contributed by atoms with Crippen molar-refractivity contribution < 1.29 is 23.0 Å². The lowest BCUT2D eigenvalue weighted by Gasteiger charge is -2.12. The van der Waals surface area contributed by atoms with Crippen LogP contribution in [0.3, 0.4) is 0 Å². The third-order valence-electron chi connectivity index (χ3n) is 1.61. The normalized spacial score (nSPS) is 11.6. The molecule has 1 heterocycles. The number of aromatic nitrogens is 1. The van der Waals surface area contributed by atoms with Crippen LogP contribution in [0.2, 0.25) is 0 Å². The molecule has 1 aromatic heterocycles. The first-order chi connectivity index (χ1) is 7.37. The molecule has 90 valence electrons. The summed E-state index contributed by atoms with van der Waals surface area (Å²) in [5, 5.41) is 8.89. The van der Waals surface area contributed by atoms with Crippen molar-refractivity contribution in [2.24, 2.45) is 0 Å². The number of hydrogen-bond acceptors (Lipinski definition) is 3. The molecule has 1 N–H and O–H groups in total. The first kappa shape index (κ1) is 13.8. The number of ether oxygens (including phenoxy) is 1. The molecule has 0 saturated heterocycles. The van der Waals surface area contributed by atoms with Gasteiger partial charge in [-0.25, -0.2) is 4.98 Å². The van der Waals surface area contributed by atoms with Gasteiger partial charge in [-0.15, -0.1) is 24.8 Å². The second-order valence-corrected chi connectivity index (χ2v) is 4.03. The highest BCUT2D eigenvalue weighted by Crippen LogP contribution is 2.27. The Bertz CT molecular complexity index is 386. The van der Waals surface area contributed by atoms with Crippen molar-refractivity contribution in [1.82, 2.24) is 4.98 Å². The lowest BCUT2D eigenvalue weighted by Crippen LogP contribution is -2.19. The van der Waals surface area contributed by atoms with Gasteiger partial charge < -0.3 is 9.84 Å². The van der Waals surface area contributed by atoms with Gasteiger partial charge in [0, 0.05) is 11.4 Å². The average molecular weight is 367 g/mol. The fourth-order valence-corrected chi connectivity index (χ4v) is 1.96. The Balaban J connectivity index is 3.13. The lowest BCUT2D eigenvalue weighted by molar-refractivity contribution is -0.276. The van der Waals surface area contributed by atoms with Crippen LogP contribution in [0.4, 0.5) is 13.2 Å². The topological polar surface area (TPSA) is 42.4 Å². The second-order valence-electron chi connectivity index (χ2n) is 2.74. The monoisotopic (exact) mass is 367 g/mol. The van der Waals surface area contributed by atoms with Crippen LogP contribution in [0.1, 0.15) is 11.1 Å². The highest BCUT2D eigenvalue weighted by molar-refractivity contribution is 14.1. The molecule has 0 aliphatic rings. The first-order valence-electron chi connectivity index (χ1n) is 3.98. The van der Waals surface area contributed by atoms with Crippen molar-refractivity contribution in [3.8, 4) is 5.88 Å². The molecule has 0 unspecified atom stereocenters. The van der Waals surface area contributed by atoms with Gasteiger partial charge in [0.05, 0.1) is 6.61 Å². The SMILES string of the molecule is OCc1cc(CCl)c(I)nc1OC(F)(F)F. The number of rotatable bonds is 3. The summed E-state index contributed by atoms with van der Waals surface area (Å²) in [7, 11) is 0. The molecule has 0 atom stereocenters. The van der Waals surface area contributed by atoms with E-state index in [4.69, 9.17) is 16.7 Å². The minimum Gasteiger partial charge on any atom is -0.391 e. The van der Waals surface area contributed by atoms with E-state index in [1.807, 2.05) is 0 Å². The highest BCUT2D eigenvalue weighted by Gasteiger charge is 2.33. The quantitative estimate of drug-likeness (QED) is 0.507. The van der Waals surface area contributed by atoms with Crippen LogP contribution in [0.25, 0.3) is 0 Å². The summed E-state index contributed by atoms with van der Waals surface area (Å²) >= 11 is 7.30. The van der Waals surface area contributed by atoms with E-state index in [9.17, 15) is 13.2 Å². The maximum atomic E-state index is 12.0. The van der Waals surface area contributed by atoms with Gasteiger partial charge in [0.1, 0.15) is 3.70 Å². The van der Waals surface area contributed by atoms with Crippen molar-refractivity contribution in [3.63, 3.8) is 0 Å². The molecule has 1 aromatic rings. The third kappa shape index (κ3) is 3.63. The van der Waals surface area contributed by atoms with Gasteiger partial charge in [-0.1, -0.05) is 0 Å². The van der Waals surface area contributed by atoms with Crippen LogP contribution in [-0.2, 0) is 12.5 Å². The van der Waals surface area contributed by atoms with E-state index in [1.54, 1.807) is 22.6 Å². The fraction of sp³-hybridized carbons (Fsp3) is 0.375. The van der Waals surface area contributed by atoms with E-state index < -0.39 is 18.8 Å². The van der Waals surface area contributed by atoms with E-state index in [0.717, 1.165) is 0 Å². The number of aliphatic hydroxyl groups excluding tert-OH is 1. The number of pyridine rings is 1. The minimum absolute atomic E-state index is 0.0478. The number of nitrogens with zero attached hydrogens (tertiary/aromatic N) is 1. The second kappa shape index (κ2) is 5.37. The van der Waals surface area contributed by atoms with Gasteiger partial charge in [0.2, 0.25) is 5.88 Å². The van der Waals surface area contributed by atoms with Gasteiger partial charge in [-0.2, -0.15) is 0 Å². The molecule has 0 fully saturated rings. The molecule has 0 aliphatic heterocycles. The zero-order valence-corrected chi connectivity index (χ0v) is 10.6. The van der Waals surface area contributed by atoms with E-state index >= 15 is 0 Å². The van der Waals surface area contributed by atoms with Crippen LogP contribution in [0, 0.1) is 3.70 Å². The third-order valence-corrected chi connectivity index (χ3v) is 2.84. The van der Waals surface area contributed by atoms with E-state index in [1.165, 1.54) is 6.07 Å². The summed E-state index contributed by atoms with van der Waals surface area (Å²) in [5.41, 5.74) is 0.495. The molecular formula is C8H6ClF3INO2. The van der Waals surface area contributed by atoms with Gasteiger partial charge in [-0.05, 0) is 34.2 Å². The predicted molar refractivity (Wildman–Crippen MR) is 59.1 cm³/mol. The van der Waals surface area contributed by atoms with Gasteiger partial charge in [0.15, 0.2) is 0 Å².